The zero-order chi connectivity index (χ0) is 10.4. The Morgan fingerprint density at radius 2 is 2.13 bits per heavy atom. The molecule has 0 spiro atoms. The first-order valence-electron chi connectivity index (χ1n) is 4.96. The molecule has 1 aromatic carbocycles. The maximum atomic E-state index is 5.94. The molecule has 0 aliphatic rings. The van der Waals surface area contributed by atoms with Crippen molar-refractivity contribution in [2.24, 2.45) is 11.5 Å². The van der Waals surface area contributed by atoms with Gasteiger partial charge in [0.2, 0.25) is 0 Å². The van der Waals surface area contributed by atoms with Crippen molar-refractivity contribution in [3.8, 4) is 5.75 Å². The average Bonchev–Trinajstić information content (AvgIpc) is 2.19. The second-order valence-corrected chi connectivity index (χ2v) is 3.19. The van der Waals surface area contributed by atoms with Gasteiger partial charge < -0.3 is 16.2 Å². The maximum absolute atomic E-state index is 5.94. The van der Waals surface area contributed by atoms with Crippen LogP contribution in [0.3, 0.4) is 0 Å². The van der Waals surface area contributed by atoms with E-state index >= 15 is 0 Å². The minimum atomic E-state index is 0. The van der Waals surface area contributed by atoms with Crippen LogP contribution in [0.1, 0.15) is 24.9 Å². The van der Waals surface area contributed by atoms with Crippen molar-refractivity contribution in [3.05, 3.63) is 29.8 Å². The topological polar surface area (TPSA) is 61.3 Å². The zero-order valence-electron chi connectivity index (χ0n) is 8.98. The molecule has 3 nitrogen and oxygen atoms in total. The fourth-order valence-electron chi connectivity index (χ4n) is 1.35. The monoisotopic (exact) mass is 230 g/mol. The van der Waals surface area contributed by atoms with E-state index in [-0.39, 0.29) is 18.4 Å². The summed E-state index contributed by atoms with van der Waals surface area (Å²) >= 11 is 0. The fourth-order valence-corrected chi connectivity index (χ4v) is 1.35. The van der Waals surface area contributed by atoms with Gasteiger partial charge in [-0.25, -0.2) is 0 Å². The first-order valence-corrected chi connectivity index (χ1v) is 4.96. The highest BCUT2D eigenvalue weighted by molar-refractivity contribution is 5.85. The molecule has 0 saturated heterocycles. The smallest absolute Gasteiger partial charge is 0.119 e. The molecule has 0 unspecified atom stereocenters. The van der Waals surface area contributed by atoms with Crippen LogP contribution in [-0.4, -0.2) is 13.2 Å². The molecular weight excluding hydrogens is 212 g/mol. The van der Waals surface area contributed by atoms with Crippen LogP contribution in [0.5, 0.6) is 5.75 Å². The lowest BCUT2D eigenvalue weighted by Crippen LogP contribution is -2.15. The van der Waals surface area contributed by atoms with Gasteiger partial charge >= 0.3 is 0 Å². The molecule has 4 heteroatoms. The summed E-state index contributed by atoms with van der Waals surface area (Å²) in [5, 5.41) is 0. The summed E-state index contributed by atoms with van der Waals surface area (Å²) in [4.78, 5) is 0. The Bertz CT molecular complexity index is 281. The van der Waals surface area contributed by atoms with E-state index < -0.39 is 0 Å². The van der Waals surface area contributed by atoms with Gasteiger partial charge in [0.05, 0.1) is 6.61 Å². The minimum Gasteiger partial charge on any atom is -0.494 e. The van der Waals surface area contributed by atoms with Crippen LogP contribution in [0.2, 0.25) is 0 Å². The summed E-state index contributed by atoms with van der Waals surface area (Å²) in [6, 6.07) is 7.88. The molecule has 0 radical (unpaired) electrons. The van der Waals surface area contributed by atoms with Crippen LogP contribution < -0.4 is 16.2 Å². The summed E-state index contributed by atoms with van der Waals surface area (Å²) in [6.45, 7) is 3.25. The van der Waals surface area contributed by atoms with Crippen molar-refractivity contribution in [1.82, 2.24) is 0 Å². The van der Waals surface area contributed by atoms with Gasteiger partial charge in [0.15, 0.2) is 0 Å². The Morgan fingerprint density at radius 3 is 2.73 bits per heavy atom. The van der Waals surface area contributed by atoms with Crippen molar-refractivity contribution in [2.75, 3.05) is 13.2 Å². The first-order chi connectivity index (χ1) is 6.77. The van der Waals surface area contributed by atoms with Crippen molar-refractivity contribution in [3.63, 3.8) is 0 Å². The second kappa shape index (κ2) is 7.51. The standard InChI is InChI=1S/C11H18N2O.ClH/c1-2-14-10-5-3-4-9(8-10)11(13)6-7-12;/h3-5,8,11H,2,6-7,12-13H2,1H3;1H/t11-;/m0./s1. The molecule has 4 N–H and O–H groups in total. The number of nitrogens with two attached hydrogens (primary N) is 2. The molecule has 1 aromatic rings. The van der Waals surface area contributed by atoms with Crippen molar-refractivity contribution >= 4 is 12.4 Å². The third-order valence-electron chi connectivity index (χ3n) is 2.07. The van der Waals surface area contributed by atoms with Crippen LogP contribution in [0.15, 0.2) is 24.3 Å². The van der Waals surface area contributed by atoms with Gasteiger partial charge in [0, 0.05) is 6.04 Å². The van der Waals surface area contributed by atoms with Gasteiger partial charge in [-0.2, -0.15) is 0 Å². The Morgan fingerprint density at radius 1 is 1.40 bits per heavy atom. The molecule has 0 amide bonds. The van der Waals surface area contributed by atoms with Crippen molar-refractivity contribution in [2.45, 2.75) is 19.4 Å². The fraction of sp³-hybridized carbons (Fsp3) is 0.455. The quantitative estimate of drug-likeness (QED) is 0.812. The number of benzene rings is 1. The maximum Gasteiger partial charge on any atom is 0.119 e. The first kappa shape index (κ1) is 14.2. The molecule has 0 aliphatic carbocycles. The molecule has 15 heavy (non-hydrogen) atoms. The molecule has 0 heterocycles. The van der Waals surface area contributed by atoms with E-state index in [0.717, 1.165) is 17.7 Å². The Labute approximate surface area is 97.2 Å². The number of hydrogen-bond donors (Lipinski definition) is 2. The van der Waals surface area contributed by atoms with E-state index in [2.05, 4.69) is 0 Å². The lowest BCUT2D eigenvalue weighted by Gasteiger charge is -2.12. The average molecular weight is 231 g/mol. The van der Waals surface area contributed by atoms with Crippen molar-refractivity contribution in [1.29, 1.82) is 0 Å². The number of halogens is 1. The predicted molar refractivity (Wildman–Crippen MR) is 65.5 cm³/mol. The third-order valence-corrected chi connectivity index (χ3v) is 2.07. The SMILES string of the molecule is CCOc1cccc([C@@H](N)CCN)c1.Cl. The van der Waals surface area contributed by atoms with Crippen LogP contribution in [0, 0.1) is 0 Å². The van der Waals surface area contributed by atoms with Gasteiger partial charge in [-0.15, -0.1) is 12.4 Å². The summed E-state index contributed by atoms with van der Waals surface area (Å²) in [7, 11) is 0. The molecule has 0 aliphatic heterocycles. The Kier molecular flexibility index (Phi) is 7.13. The number of hydrogen-bond acceptors (Lipinski definition) is 3. The summed E-state index contributed by atoms with van der Waals surface area (Å²) < 4.78 is 5.39. The van der Waals surface area contributed by atoms with Gasteiger partial charge in [0.25, 0.3) is 0 Å². The molecular formula is C11H19ClN2O. The van der Waals surface area contributed by atoms with Gasteiger partial charge in [0.1, 0.15) is 5.75 Å². The number of ether oxygens (including phenoxy) is 1. The van der Waals surface area contributed by atoms with Gasteiger partial charge in [-0.3, -0.25) is 0 Å². The Hall–Kier alpha value is -0.770. The third kappa shape index (κ3) is 4.51. The molecule has 86 valence electrons. The zero-order valence-corrected chi connectivity index (χ0v) is 9.80. The van der Waals surface area contributed by atoms with E-state index in [1.807, 2.05) is 31.2 Å². The van der Waals surface area contributed by atoms with E-state index in [9.17, 15) is 0 Å². The second-order valence-electron chi connectivity index (χ2n) is 3.19. The van der Waals surface area contributed by atoms with Gasteiger partial charge in [-0.05, 0) is 37.6 Å². The van der Waals surface area contributed by atoms with Crippen molar-refractivity contribution < 1.29 is 4.74 Å². The van der Waals surface area contributed by atoms with Crippen LogP contribution in [0.4, 0.5) is 0 Å². The highest BCUT2D eigenvalue weighted by atomic mass is 35.5. The van der Waals surface area contributed by atoms with E-state index in [0.29, 0.717) is 13.2 Å². The molecule has 1 rings (SSSR count). The van der Waals surface area contributed by atoms with E-state index in [1.165, 1.54) is 0 Å². The predicted octanol–water partition coefficient (Wildman–Crippen LogP) is 1.86. The highest BCUT2D eigenvalue weighted by Gasteiger charge is 2.05. The summed E-state index contributed by atoms with van der Waals surface area (Å²) in [5.41, 5.74) is 12.5. The van der Waals surface area contributed by atoms with Crippen LogP contribution >= 0.6 is 12.4 Å². The highest BCUT2D eigenvalue weighted by Crippen LogP contribution is 2.19. The molecule has 0 bridgehead atoms. The minimum absolute atomic E-state index is 0. The summed E-state index contributed by atoms with van der Waals surface area (Å²) in [6.07, 6.45) is 0.801. The van der Waals surface area contributed by atoms with Gasteiger partial charge in [-0.1, -0.05) is 12.1 Å². The molecule has 0 saturated carbocycles. The molecule has 0 aromatic heterocycles. The van der Waals surface area contributed by atoms with Crippen LogP contribution in [0.25, 0.3) is 0 Å². The van der Waals surface area contributed by atoms with Crippen LogP contribution in [-0.2, 0) is 0 Å². The lowest BCUT2D eigenvalue weighted by atomic mass is 10.0. The van der Waals surface area contributed by atoms with E-state index in [4.69, 9.17) is 16.2 Å². The lowest BCUT2D eigenvalue weighted by molar-refractivity contribution is 0.339. The van der Waals surface area contributed by atoms with E-state index in [1.54, 1.807) is 0 Å². The normalized spacial score (nSPS) is 11.7. The largest absolute Gasteiger partial charge is 0.494 e. The summed E-state index contributed by atoms with van der Waals surface area (Å²) in [5.74, 6) is 0.873. The molecule has 1 atom stereocenters. The molecule has 0 fully saturated rings. The Balaban J connectivity index is 0.00000196. The number of rotatable bonds is 5.